The molecule has 0 radical (unpaired) electrons. The number of hydrogen-bond donors (Lipinski definition) is 3. The van der Waals surface area contributed by atoms with E-state index in [4.69, 9.17) is 4.74 Å². The summed E-state index contributed by atoms with van der Waals surface area (Å²) >= 11 is 0. The van der Waals surface area contributed by atoms with Gasteiger partial charge in [0, 0.05) is 24.2 Å². The van der Waals surface area contributed by atoms with Gasteiger partial charge >= 0.3 is 12.1 Å². The number of anilines is 1. The summed E-state index contributed by atoms with van der Waals surface area (Å²) in [5.41, 5.74) is 1.20. The first kappa shape index (κ1) is 20.9. The molecule has 0 saturated heterocycles. The Balaban J connectivity index is 1.58. The van der Waals surface area contributed by atoms with Crippen molar-refractivity contribution in [3.8, 4) is 11.1 Å². The van der Waals surface area contributed by atoms with Crippen molar-refractivity contribution >= 4 is 23.7 Å². The smallest absolute Gasteiger partial charge is 0.412 e. The summed E-state index contributed by atoms with van der Waals surface area (Å²) in [5, 5.41) is 22.2. The molecule has 2 atom stereocenters. The minimum absolute atomic E-state index is 0.0302. The number of aliphatic carboxylic acids is 1. The van der Waals surface area contributed by atoms with Gasteiger partial charge in [0.15, 0.2) is 5.54 Å². The maximum Gasteiger partial charge on any atom is 0.412 e. The molecule has 8 heteroatoms. The van der Waals surface area contributed by atoms with Crippen molar-refractivity contribution in [2.45, 2.75) is 51.0 Å². The lowest BCUT2D eigenvalue weighted by Crippen LogP contribution is -2.46. The van der Waals surface area contributed by atoms with Crippen LogP contribution in [-0.4, -0.2) is 50.3 Å². The van der Waals surface area contributed by atoms with Gasteiger partial charge in [0.05, 0.1) is 6.10 Å². The van der Waals surface area contributed by atoms with Crippen LogP contribution in [0.5, 0.6) is 0 Å². The van der Waals surface area contributed by atoms with Crippen LogP contribution in [0.3, 0.4) is 0 Å². The number of aliphatic hydroxyl groups is 1. The van der Waals surface area contributed by atoms with Crippen LogP contribution in [0.15, 0.2) is 42.5 Å². The highest BCUT2D eigenvalue weighted by molar-refractivity contribution is 6.04. The van der Waals surface area contributed by atoms with Crippen molar-refractivity contribution in [2.75, 3.05) is 5.32 Å². The van der Waals surface area contributed by atoms with E-state index < -0.39 is 29.3 Å². The van der Waals surface area contributed by atoms with Gasteiger partial charge in [-0.05, 0) is 55.7 Å². The van der Waals surface area contributed by atoms with E-state index in [1.165, 1.54) is 4.90 Å². The summed E-state index contributed by atoms with van der Waals surface area (Å²) in [5.74, 6) is -1.58. The zero-order valence-electron chi connectivity index (χ0n) is 17.5. The van der Waals surface area contributed by atoms with Crippen LogP contribution in [-0.2, 0) is 16.1 Å². The molecule has 2 aromatic rings. The minimum atomic E-state index is -1.55. The van der Waals surface area contributed by atoms with Gasteiger partial charge in [0.1, 0.15) is 5.60 Å². The first-order chi connectivity index (χ1) is 14.5. The second-order valence-corrected chi connectivity index (χ2v) is 8.88. The van der Waals surface area contributed by atoms with E-state index in [9.17, 15) is 24.6 Å². The predicted octanol–water partition coefficient (Wildman–Crippen LogP) is 3.24. The largest absolute Gasteiger partial charge is 0.479 e. The molecule has 1 fully saturated rings. The molecule has 0 aromatic heterocycles. The number of hydrogen-bond acceptors (Lipinski definition) is 5. The van der Waals surface area contributed by atoms with Crippen LogP contribution in [0.2, 0.25) is 0 Å². The van der Waals surface area contributed by atoms with Crippen LogP contribution in [0, 0.1) is 0 Å². The van der Waals surface area contributed by atoms with Crippen LogP contribution in [0.4, 0.5) is 10.5 Å². The Morgan fingerprint density at radius 1 is 1.13 bits per heavy atom. The second kappa shape index (κ2) is 7.09. The molecule has 2 aromatic carbocycles. The van der Waals surface area contributed by atoms with Gasteiger partial charge in [0.25, 0.3) is 5.91 Å². The van der Waals surface area contributed by atoms with Crippen molar-refractivity contribution in [2.24, 2.45) is 0 Å². The number of nitrogens with one attached hydrogen (secondary N) is 1. The van der Waals surface area contributed by atoms with Crippen LogP contribution >= 0.6 is 0 Å². The number of ether oxygens (including phenoxy) is 1. The molecule has 0 bridgehead atoms. The SMILES string of the molecule is CC(C)(C)OC(=O)Nc1ccc(-c2cccc3c2CN(C2(C(=O)O)CC2O)C3=O)cc1. The summed E-state index contributed by atoms with van der Waals surface area (Å²) in [4.78, 5) is 37.8. The third-order valence-electron chi connectivity index (χ3n) is 5.56. The lowest BCUT2D eigenvalue weighted by atomic mass is 9.97. The Hall–Kier alpha value is -3.39. The van der Waals surface area contributed by atoms with Gasteiger partial charge in [-0.3, -0.25) is 10.1 Å². The van der Waals surface area contributed by atoms with Gasteiger partial charge in [0.2, 0.25) is 0 Å². The fourth-order valence-electron chi connectivity index (χ4n) is 3.95. The van der Waals surface area contributed by atoms with E-state index in [0.29, 0.717) is 11.3 Å². The highest BCUT2D eigenvalue weighted by Gasteiger charge is 2.67. The molecule has 8 nitrogen and oxygen atoms in total. The topological polar surface area (TPSA) is 116 Å². The zero-order valence-corrected chi connectivity index (χ0v) is 17.5. The average molecular weight is 424 g/mol. The van der Waals surface area contributed by atoms with Crippen molar-refractivity contribution < 1.29 is 29.3 Å². The van der Waals surface area contributed by atoms with E-state index in [1.807, 2.05) is 18.2 Å². The molecule has 2 amide bonds. The van der Waals surface area contributed by atoms with Gasteiger partial charge < -0.3 is 19.8 Å². The molecule has 4 rings (SSSR count). The highest BCUT2D eigenvalue weighted by atomic mass is 16.6. The number of fused-ring (bicyclic) bond motifs is 1. The number of carbonyl (C=O) groups excluding carboxylic acids is 2. The zero-order chi connectivity index (χ0) is 22.6. The van der Waals surface area contributed by atoms with Gasteiger partial charge in [-0.2, -0.15) is 0 Å². The number of carbonyl (C=O) groups is 3. The Bertz CT molecular complexity index is 1070. The average Bonchev–Trinajstić information content (AvgIpc) is 3.25. The number of benzene rings is 2. The van der Waals surface area contributed by atoms with Crippen molar-refractivity contribution in [3.05, 3.63) is 53.6 Å². The van der Waals surface area contributed by atoms with E-state index in [2.05, 4.69) is 5.32 Å². The molecular formula is C23H24N2O6. The molecule has 162 valence electrons. The molecule has 1 heterocycles. The van der Waals surface area contributed by atoms with Crippen molar-refractivity contribution in [3.63, 3.8) is 0 Å². The maximum atomic E-state index is 12.9. The Labute approximate surface area is 179 Å². The quantitative estimate of drug-likeness (QED) is 0.694. The first-order valence-corrected chi connectivity index (χ1v) is 9.99. The minimum Gasteiger partial charge on any atom is -0.479 e. The number of carboxylic acids is 1. The normalized spacial score (nSPS) is 22.1. The van der Waals surface area contributed by atoms with Crippen LogP contribution < -0.4 is 5.32 Å². The molecule has 2 unspecified atom stereocenters. The molecule has 3 N–H and O–H groups in total. The van der Waals surface area contributed by atoms with Gasteiger partial charge in [-0.25, -0.2) is 9.59 Å². The van der Waals surface area contributed by atoms with Crippen molar-refractivity contribution in [1.29, 1.82) is 0 Å². The third-order valence-corrected chi connectivity index (χ3v) is 5.56. The fraction of sp³-hybridized carbons (Fsp3) is 0.348. The monoisotopic (exact) mass is 424 g/mol. The number of aliphatic hydroxyl groups excluding tert-OH is 1. The summed E-state index contributed by atoms with van der Waals surface area (Å²) in [6.45, 7) is 5.47. The van der Waals surface area contributed by atoms with E-state index in [0.717, 1.165) is 16.7 Å². The first-order valence-electron chi connectivity index (χ1n) is 9.99. The lowest BCUT2D eigenvalue weighted by molar-refractivity contribution is -0.145. The second-order valence-electron chi connectivity index (χ2n) is 8.88. The molecule has 2 aliphatic rings. The van der Waals surface area contributed by atoms with Gasteiger partial charge in [-0.15, -0.1) is 0 Å². The van der Waals surface area contributed by atoms with E-state index in [-0.39, 0.29) is 18.9 Å². The summed E-state index contributed by atoms with van der Waals surface area (Å²) < 4.78 is 5.24. The van der Waals surface area contributed by atoms with Crippen molar-refractivity contribution in [1.82, 2.24) is 4.90 Å². The number of nitrogens with zero attached hydrogens (tertiary/aromatic N) is 1. The number of carboxylic acid groups (broad SMARTS) is 1. The molecule has 1 saturated carbocycles. The Morgan fingerprint density at radius 3 is 2.29 bits per heavy atom. The van der Waals surface area contributed by atoms with E-state index in [1.54, 1.807) is 45.0 Å². The molecule has 1 aliphatic heterocycles. The molecule has 31 heavy (non-hydrogen) atoms. The summed E-state index contributed by atoms with van der Waals surface area (Å²) in [6.07, 6.45) is -1.59. The Kier molecular flexibility index (Phi) is 4.77. The molecular weight excluding hydrogens is 400 g/mol. The number of rotatable bonds is 4. The highest BCUT2D eigenvalue weighted by Crippen LogP contribution is 2.47. The molecule has 1 aliphatic carbocycles. The molecule has 0 spiro atoms. The summed E-state index contributed by atoms with van der Waals surface area (Å²) in [6, 6.07) is 12.4. The fourth-order valence-corrected chi connectivity index (χ4v) is 3.95. The Morgan fingerprint density at radius 2 is 1.74 bits per heavy atom. The van der Waals surface area contributed by atoms with E-state index >= 15 is 0 Å². The van der Waals surface area contributed by atoms with Crippen LogP contribution in [0.25, 0.3) is 11.1 Å². The maximum absolute atomic E-state index is 12.9. The third kappa shape index (κ3) is 3.63. The van der Waals surface area contributed by atoms with Crippen LogP contribution in [0.1, 0.15) is 43.1 Å². The number of amides is 2. The predicted molar refractivity (Wildman–Crippen MR) is 113 cm³/mol. The lowest BCUT2D eigenvalue weighted by Gasteiger charge is -2.24. The standard InChI is InChI=1S/C23H24N2O6/c1-22(2,3)31-21(30)24-14-9-7-13(8-10-14)15-5-4-6-16-17(15)12-25(19(16)27)23(20(28)29)11-18(23)26/h4-10,18,26H,11-12H2,1-3H3,(H,24,30)(H,28,29). The van der Waals surface area contributed by atoms with Gasteiger partial charge in [-0.1, -0.05) is 24.3 Å². The summed E-state index contributed by atoms with van der Waals surface area (Å²) in [7, 11) is 0.